The number of benzene rings is 1. The number of carbonyl (C=O) groups excluding carboxylic acids is 2. The number of amides is 3. The minimum Gasteiger partial charge on any atom is -0.354 e. The lowest BCUT2D eigenvalue weighted by Gasteiger charge is -2.40. The van der Waals surface area contributed by atoms with Crippen LogP contribution in [0.2, 0.25) is 0 Å². The van der Waals surface area contributed by atoms with Crippen LogP contribution in [0.15, 0.2) is 48.7 Å². The molecule has 1 aliphatic rings. The number of aromatic nitrogens is 2. The van der Waals surface area contributed by atoms with E-state index in [1.54, 1.807) is 0 Å². The van der Waals surface area contributed by atoms with Crippen molar-refractivity contribution in [2.75, 3.05) is 36.4 Å². The van der Waals surface area contributed by atoms with Crippen molar-refractivity contribution in [1.29, 1.82) is 0 Å². The van der Waals surface area contributed by atoms with Crippen LogP contribution < -0.4 is 15.5 Å². The van der Waals surface area contributed by atoms with Crippen LogP contribution in [0.4, 0.5) is 16.3 Å². The number of piperazine rings is 1. The topological polar surface area (TPSA) is 82.0 Å². The molecule has 0 aliphatic carbocycles. The summed E-state index contributed by atoms with van der Waals surface area (Å²) in [6.45, 7) is 10.5. The maximum Gasteiger partial charge on any atom is 0.319 e. The van der Waals surface area contributed by atoms with E-state index < -0.39 is 11.5 Å². The second kappa shape index (κ2) is 10.4. The smallest absolute Gasteiger partial charge is 0.319 e. The Bertz CT molecular complexity index is 1190. The number of alkyl halides is 1. The standard InChI is InChI=1S/C26H33IN6O2/c1-18-17-33-21(28-18)6-5-7-22(33)31-12-14-32(15-13-31)24(34)23(26(2,3)4)30-25(35)29-20-10-8-19(16-27)9-11-20/h5-11,17,23H,12-16H2,1-4H3,(H2,29,30,35)/t23-/m0/s1. The Morgan fingerprint density at radius 2 is 1.74 bits per heavy atom. The van der Waals surface area contributed by atoms with Crippen LogP contribution in [-0.4, -0.2) is 58.4 Å². The number of nitrogens with one attached hydrogen (secondary N) is 2. The first-order chi connectivity index (χ1) is 16.7. The third-order valence-electron chi connectivity index (χ3n) is 6.26. The number of rotatable bonds is 5. The van der Waals surface area contributed by atoms with Crippen molar-refractivity contribution < 1.29 is 9.59 Å². The zero-order chi connectivity index (χ0) is 25.2. The summed E-state index contributed by atoms with van der Waals surface area (Å²) in [4.78, 5) is 35.0. The molecule has 0 radical (unpaired) electrons. The van der Waals surface area contributed by atoms with Gasteiger partial charge in [-0.1, -0.05) is 61.6 Å². The predicted molar refractivity (Wildman–Crippen MR) is 148 cm³/mol. The fourth-order valence-corrected chi connectivity index (χ4v) is 4.85. The third-order valence-corrected chi connectivity index (χ3v) is 7.14. The number of fused-ring (bicyclic) bond motifs is 1. The molecular weight excluding hydrogens is 555 g/mol. The average Bonchev–Trinajstić information content (AvgIpc) is 3.22. The van der Waals surface area contributed by atoms with Crippen molar-refractivity contribution in [3.05, 3.63) is 59.9 Å². The summed E-state index contributed by atoms with van der Waals surface area (Å²) in [6, 6.07) is 12.8. The van der Waals surface area contributed by atoms with E-state index in [0.717, 1.165) is 21.6 Å². The van der Waals surface area contributed by atoms with Crippen LogP contribution in [0.5, 0.6) is 0 Å². The summed E-state index contributed by atoms with van der Waals surface area (Å²) in [6.07, 6.45) is 2.04. The number of pyridine rings is 1. The highest BCUT2D eigenvalue weighted by atomic mass is 127. The number of nitrogens with zero attached hydrogens (tertiary/aromatic N) is 4. The molecule has 9 heteroatoms. The molecule has 1 fully saturated rings. The van der Waals surface area contributed by atoms with Gasteiger partial charge in [0.15, 0.2) is 0 Å². The number of carbonyl (C=O) groups is 2. The molecule has 2 N–H and O–H groups in total. The molecule has 3 amide bonds. The van der Waals surface area contributed by atoms with Crippen molar-refractivity contribution in [1.82, 2.24) is 19.6 Å². The molecule has 3 aromatic rings. The van der Waals surface area contributed by atoms with Gasteiger partial charge in [-0.3, -0.25) is 9.20 Å². The van der Waals surface area contributed by atoms with E-state index in [1.165, 1.54) is 5.56 Å². The second-order valence-corrected chi connectivity index (χ2v) is 10.8. The van der Waals surface area contributed by atoms with E-state index >= 15 is 0 Å². The number of anilines is 2. The monoisotopic (exact) mass is 588 g/mol. The van der Waals surface area contributed by atoms with Crippen molar-refractivity contribution in [3.63, 3.8) is 0 Å². The summed E-state index contributed by atoms with van der Waals surface area (Å²) in [5, 5.41) is 5.79. The van der Waals surface area contributed by atoms with Gasteiger partial charge < -0.3 is 20.4 Å². The van der Waals surface area contributed by atoms with Gasteiger partial charge in [-0.25, -0.2) is 9.78 Å². The molecule has 35 heavy (non-hydrogen) atoms. The Balaban J connectivity index is 1.40. The Morgan fingerprint density at radius 3 is 2.37 bits per heavy atom. The van der Waals surface area contributed by atoms with Gasteiger partial charge in [-0.05, 0) is 42.2 Å². The Hall–Kier alpha value is -2.82. The average molecular weight is 588 g/mol. The molecule has 186 valence electrons. The highest BCUT2D eigenvalue weighted by Gasteiger charge is 2.37. The molecule has 0 bridgehead atoms. The molecule has 0 unspecified atom stereocenters. The first-order valence-electron chi connectivity index (χ1n) is 11.9. The molecular formula is C26H33IN6O2. The van der Waals surface area contributed by atoms with Crippen molar-refractivity contribution in [3.8, 4) is 0 Å². The number of aryl methyl sites for hydroxylation is 1. The van der Waals surface area contributed by atoms with Crippen molar-refractivity contribution >= 4 is 51.7 Å². The fourth-order valence-electron chi connectivity index (χ4n) is 4.34. The third kappa shape index (κ3) is 5.88. The molecule has 1 saturated heterocycles. The van der Waals surface area contributed by atoms with E-state index in [2.05, 4.69) is 53.6 Å². The van der Waals surface area contributed by atoms with Gasteiger partial charge in [0.25, 0.3) is 0 Å². The molecule has 4 rings (SSSR count). The first kappa shape index (κ1) is 25.3. The number of halogens is 1. The van der Waals surface area contributed by atoms with Gasteiger partial charge in [0.1, 0.15) is 17.5 Å². The lowest BCUT2D eigenvalue weighted by Crippen LogP contribution is -2.59. The maximum absolute atomic E-state index is 13.5. The number of hydrogen-bond donors (Lipinski definition) is 2. The predicted octanol–water partition coefficient (Wildman–Crippen LogP) is 4.46. The van der Waals surface area contributed by atoms with Gasteiger partial charge in [0.05, 0.1) is 5.69 Å². The molecule has 1 aromatic carbocycles. The molecule has 1 atom stereocenters. The van der Waals surface area contributed by atoms with E-state index in [9.17, 15) is 9.59 Å². The van der Waals surface area contributed by atoms with E-state index in [1.807, 2.05) is 75.2 Å². The van der Waals surface area contributed by atoms with E-state index in [0.29, 0.717) is 31.9 Å². The highest BCUT2D eigenvalue weighted by Crippen LogP contribution is 2.24. The maximum atomic E-state index is 13.5. The summed E-state index contributed by atoms with van der Waals surface area (Å²) in [5.74, 6) is 1.03. The zero-order valence-electron chi connectivity index (χ0n) is 20.7. The number of imidazole rings is 1. The fraction of sp³-hybridized carbons (Fsp3) is 0.423. The van der Waals surface area contributed by atoms with Crippen LogP contribution in [0.1, 0.15) is 32.0 Å². The minimum atomic E-state index is -0.637. The lowest BCUT2D eigenvalue weighted by molar-refractivity contribution is -0.136. The van der Waals surface area contributed by atoms with Gasteiger partial charge in [-0.2, -0.15) is 0 Å². The SMILES string of the molecule is Cc1cn2c(N3CCN(C(=O)[C@H](NC(=O)Nc4ccc(CI)cc4)C(C)(C)C)CC3)cccc2n1. The van der Waals surface area contributed by atoms with Crippen molar-refractivity contribution in [2.45, 2.75) is 38.2 Å². The summed E-state index contributed by atoms with van der Waals surface area (Å²) in [5.41, 5.74) is 3.36. The largest absolute Gasteiger partial charge is 0.354 e. The van der Waals surface area contributed by atoms with E-state index in [-0.39, 0.29) is 11.9 Å². The Labute approximate surface area is 220 Å². The Morgan fingerprint density at radius 1 is 1.06 bits per heavy atom. The number of urea groups is 1. The van der Waals surface area contributed by atoms with Gasteiger partial charge in [0, 0.05) is 42.5 Å². The molecule has 3 heterocycles. The quantitative estimate of drug-likeness (QED) is 0.341. The molecule has 2 aromatic heterocycles. The lowest BCUT2D eigenvalue weighted by atomic mass is 9.85. The molecule has 0 saturated carbocycles. The van der Waals surface area contributed by atoms with Crippen LogP contribution in [-0.2, 0) is 9.22 Å². The first-order valence-corrected chi connectivity index (χ1v) is 13.4. The second-order valence-electron chi connectivity index (χ2n) is 10.0. The Kier molecular flexibility index (Phi) is 7.53. The van der Waals surface area contributed by atoms with Crippen LogP contribution >= 0.6 is 22.6 Å². The molecule has 1 aliphatic heterocycles. The van der Waals surface area contributed by atoms with Crippen molar-refractivity contribution in [2.24, 2.45) is 5.41 Å². The zero-order valence-corrected chi connectivity index (χ0v) is 22.9. The molecule has 8 nitrogen and oxygen atoms in total. The highest BCUT2D eigenvalue weighted by molar-refractivity contribution is 14.1. The van der Waals surface area contributed by atoms with Crippen LogP contribution in [0.25, 0.3) is 5.65 Å². The van der Waals surface area contributed by atoms with Gasteiger partial charge in [-0.15, -0.1) is 0 Å². The van der Waals surface area contributed by atoms with Crippen LogP contribution in [0.3, 0.4) is 0 Å². The van der Waals surface area contributed by atoms with Crippen LogP contribution in [0, 0.1) is 12.3 Å². The summed E-state index contributed by atoms with van der Waals surface area (Å²) in [7, 11) is 0. The molecule has 0 spiro atoms. The van der Waals surface area contributed by atoms with Gasteiger partial charge >= 0.3 is 6.03 Å². The summed E-state index contributed by atoms with van der Waals surface area (Å²) >= 11 is 2.30. The minimum absolute atomic E-state index is 0.0516. The van der Waals surface area contributed by atoms with E-state index in [4.69, 9.17) is 0 Å². The normalized spacial score (nSPS) is 15.2. The summed E-state index contributed by atoms with van der Waals surface area (Å²) < 4.78 is 3.01. The number of hydrogen-bond acceptors (Lipinski definition) is 4. The van der Waals surface area contributed by atoms with Gasteiger partial charge in [0.2, 0.25) is 5.91 Å².